The summed E-state index contributed by atoms with van der Waals surface area (Å²) in [6.07, 6.45) is 1.82. The first-order chi connectivity index (χ1) is 29.7. The molecule has 0 aliphatic heterocycles. The number of rotatable bonds is 5. The van der Waals surface area contributed by atoms with Gasteiger partial charge in [-0.2, -0.15) is 0 Å². The Bertz CT molecular complexity index is 3400. The zero-order valence-electron chi connectivity index (χ0n) is 32.3. The van der Waals surface area contributed by atoms with E-state index in [1.165, 1.54) is 77.2 Å². The van der Waals surface area contributed by atoms with Crippen LogP contribution in [0, 0.1) is 0 Å². The lowest BCUT2D eigenvalue weighted by molar-refractivity contribution is 1.07. The minimum atomic E-state index is 0.614. The topological polar surface area (TPSA) is 51.6 Å². The molecule has 2 aromatic heterocycles. The van der Waals surface area contributed by atoms with E-state index in [0.717, 1.165) is 38.7 Å². The van der Waals surface area contributed by atoms with Gasteiger partial charge in [0.25, 0.3) is 0 Å². The minimum Gasteiger partial charge on any atom is -0.256 e. The second kappa shape index (κ2) is 12.7. The van der Waals surface area contributed by atoms with Crippen molar-refractivity contribution in [2.45, 2.75) is 0 Å². The van der Waals surface area contributed by atoms with Gasteiger partial charge in [-0.3, -0.25) is 4.98 Å². The average Bonchev–Trinajstić information content (AvgIpc) is 3.83. The van der Waals surface area contributed by atoms with E-state index in [0.29, 0.717) is 17.5 Å². The highest BCUT2D eigenvalue weighted by molar-refractivity contribution is 6.20. The second-order valence-electron chi connectivity index (χ2n) is 15.8. The van der Waals surface area contributed by atoms with E-state index in [2.05, 4.69) is 163 Å². The van der Waals surface area contributed by atoms with Crippen LogP contribution in [-0.2, 0) is 0 Å². The van der Waals surface area contributed by atoms with Crippen LogP contribution in [0.3, 0.4) is 0 Å². The molecule has 0 saturated carbocycles. The van der Waals surface area contributed by atoms with Crippen molar-refractivity contribution in [1.82, 2.24) is 19.9 Å². The number of nitrogens with zero attached hydrogens (tertiary/aromatic N) is 4. The Labute approximate surface area is 346 Å². The van der Waals surface area contributed by atoms with Gasteiger partial charge in [-0.15, -0.1) is 0 Å². The quantitative estimate of drug-likeness (QED) is 0.175. The maximum absolute atomic E-state index is 5.29. The Balaban J connectivity index is 1.08. The summed E-state index contributed by atoms with van der Waals surface area (Å²) in [6, 6.07) is 67.5. The first-order valence-electron chi connectivity index (χ1n) is 20.4. The molecule has 0 radical (unpaired) electrons. The van der Waals surface area contributed by atoms with E-state index in [-0.39, 0.29) is 0 Å². The lowest BCUT2D eigenvalue weighted by Crippen LogP contribution is -2.01. The molecule has 2 aliphatic carbocycles. The maximum Gasteiger partial charge on any atom is 0.164 e. The third-order valence-electron chi connectivity index (χ3n) is 12.4. The van der Waals surface area contributed by atoms with Gasteiger partial charge in [-0.1, -0.05) is 146 Å². The zero-order valence-corrected chi connectivity index (χ0v) is 32.3. The fourth-order valence-electron chi connectivity index (χ4n) is 9.75. The number of benzene rings is 9. The van der Waals surface area contributed by atoms with Crippen LogP contribution in [0.15, 0.2) is 194 Å². The van der Waals surface area contributed by atoms with Crippen molar-refractivity contribution in [3.8, 4) is 101 Å². The number of pyridine rings is 1. The zero-order chi connectivity index (χ0) is 39.3. The molecule has 4 nitrogen and oxygen atoms in total. The van der Waals surface area contributed by atoms with Gasteiger partial charge < -0.3 is 0 Å². The summed E-state index contributed by atoms with van der Waals surface area (Å²) in [6.45, 7) is 0. The molecule has 0 unspecified atom stereocenters. The van der Waals surface area contributed by atoms with E-state index >= 15 is 0 Å². The van der Waals surface area contributed by atoms with E-state index < -0.39 is 0 Å². The minimum absolute atomic E-state index is 0.614. The summed E-state index contributed by atoms with van der Waals surface area (Å²) in [5.41, 5.74) is 18.5. The smallest absolute Gasteiger partial charge is 0.164 e. The highest BCUT2D eigenvalue weighted by Crippen LogP contribution is 2.52. The Kier molecular flexibility index (Phi) is 6.98. The molecule has 0 atom stereocenters. The Morgan fingerprint density at radius 2 is 0.733 bits per heavy atom. The largest absolute Gasteiger partial charge is 0.256 e. The fraction of sp³-hybridized carbons (Fsp3) is 0. The van der Waals surface area contributed by atoms with Gasteiger partial charge in [0, 0.05) is 28.3 Å². The highest BCUT2D eigenvalue weighted by Gasteiger charge is 2.25. The van der Waals surface area contributed by atoms with Crippen LogP contribution in [0.1, 0.15) is 0 Å². The highest BCUT2D eigenvalue weighted by atomic mass is 15.0. The first-order valence-corrected chi connectivity index (χ1v) is 20.4. The van der Waals surface area contributed by atoms with Crippen LogP contribution >= 0.6 is 0 Å². The number of hydrogen-bond donors (Lipinski definition) is 0. The Hall–Kier alpha value is -8.08. The molecule has 11 aromatic rings. The van der Waals surface area contributed by atoms with Gasteiger partial charge in [0.05, 0.1) is 5.52 Å². The standard InChI is InChI=1S/C56H32N4/c1-2-11-33(12-3-1)54-58-55(35-22-27-51-34(29-35)13-10-28-57-51)60-56(59-54)38-31-36(39-23-25-49-43-16-6-4-14-41(43)47-20-8-18-45(39)52(47)49)30-37(32-38)40-24-26-50-44-17-7-5-15-42(44)48-21-9-19-46(40)53(48)50/h1-32H. The van der Waals surface area contributed by atoms with Gasteiger partial charge in [0.2, 0.25) is 0 Å². The molecule has 0 N–H and O–H groups in total. The van der Waals surface area contributed by atoms with Gasteiger partial charge >= 0.3 is 0 Å². The lowest BCUT2D eigenvalue weighted by Gasteiger charge is -2.16. The normalized spacial score (nSPS) is 12.0. The van der Waals surface area contributed by atoms with E-state index in [1.807, 2.05) is 36.5 Å². The van der Waals surface area contributed by atoms with Crippen LogP contribution in [0.25, 0.3) is 133 Å². The van der Waals surface area contributed by atoms with Crippen LogP contribution < -0.4 is 0 Å². The van der Waals surface area contributed by atoms with Crippen molar-refractivity contribution in [2.75, 3.05) is 0 Å². The number of fused-ring (bicyclic) bond motifs is 7. The Morgan fingerprint density at radius 3 is 1.32 bits per heavy atom. The molecule has 0 bridgehead atoms. The molecular weight excluding hydrogens is 729 g/mol. The molecule has 276 valence electrons. The number of aromatic nitrogens is 4. The van der Waals surface area contributed by atoms with Gasteiger partial charge in [-0.05, 0) is 131 Å². The van der Waals surface area contributed by atoms with Crippen molar-refractivity contribution in [3.05, 3.63) is 194 Å². The van der Waals surface area contributed by atoms with Crippen LogP contribution in [0.4, 0.5) is 0 Å². The van der Waals surface area contributed by atoms with Crippen LogP contribution in [0.5, 0.6) is 0 Å². The summed E-state index contributed by atoms with van der Waals surface area (Å²) in [4.78, 5) is 20.2. The molecule has 2 aliphatic rings. The molecule has 4 heteroatoms. The van der Waals surface area contributed by atoms with Gasteiger partial charge in [0.15, 0.2) is 17.5 Å². The summed E-state index contributed by atoms with van der Waals surface area (Å²) < 4.78 is 0. The van der Waals surface area contributed by atoms with Crippen molar-refractivity contribution in [3.63, 3.8) is 0 Å². The molecule has 2 heterocycles. The summed E-state index contributed by atoms with van der Waals surface area (Å²) in [5.74, 6) is 1.85. The number of hydrogen-bond acceptors (Lipinski definition) is 4. The Morgan fingerprint density at radius 1 is 0.267 bits per heavy atom. The molecule has 13 rings (SSSR count). The van der Waals surface area contributed by atoms with Crippen LogP contribution in [-0.4, -0.2) is 19.9 Å². The molecule has 0 spiro atoms. The van der Waals surface area contributed by atoms with Crippen molar-refractivity contribution >= 4 is 32.4 Å². The lowest BCUT2D eigenvalue weighted by atomic mass is 9.89. The fourth-order valence-corrected chi connectivity index (χ4v) is 9.75. The monoisotopic (exact) mass is 760 g/mol. The second-order valence-corrected chi connectivity index (χ2v) is 15.8. The summed E-state index contributed by atoms with van der Waals surface area (Å²) >= 11 is 0. The third kappa shape index (κ3) is 4.91. The molecule has 0 amide bonds. The molecule has 9 aromatic carbocycles. The van der Waals surface area contributed by atoms with Gasteiger partial charge in [0.1, 0.15) is 0 Å². The first kappa shape index (κ1) is 32.9. The maximum atomic E-state index is 5.29. The van der Waals surface area contributed by atoms with Crippen molar-refractivity contribution in [2.24, 2.45) is 0 Å². The molecule has 0 saturated heterocycles. The van der Waals surface area contributed by atoms with Crippen LogP contribution in [0.2, 0.25) is 0 Å². The van der Waals surface area contributed by atoms with E-state index in [1.54, 1.807) is 0 Å². The third-order valence-corrected chi connectivity index (χ3v) is 12.4. The van der Waals surface area contributed by atoms with Gasteiger partial charge in [-0.25, -0.2) is 15.0 Å². The average molecular weight is 761 g/mol. The predicted octanol–water partition coefficient (Wildman–Crippen LogP) is 14.4. The van der Waals surface area contributed by atoms with Crippen molar-refractivity contribution < 1.29 is 0 Å². The molecular formula is C56H32N4. The summed E-state index contributed by atoms with van der Waals surface area (Å²) in [7, 11) is 0. The predicted molar refractivity (Wildman–Crippen MR) is 246 cm³/mol. The van der Waals surface area contributed by atoms with E-state index in [4.69, 9.17) is 15.0 Å². The van der Waals surface area contributed by atoms with E-state index in [9.17, 15) is 0 Å². The molecule has 60 heavy (non-hydrogen) atoms. The summed E-state index contributed by atoms with van der Waals surface area (Å²) in [5, 5.41) is 6.08. The molecule has 0 fully saturated rings. The van der Waals surface area contributed by atoms with Crippen molar-refractivity contribution in [1.29, 1.82) is 0 Å². The SMILES string of the molecule is c1ccc(-c2nc(-c3cc(-c4ccc5c6c(cccc46)-c4ccccc4-5)cc(-c4ccc5c6c(cccc46)-c4ccccc4-5)c3)nc(-c3ccc4ncccc4c3)n2)cc1.